The summed E-state index contributed by atoms with van der Waals surface area (Å²) in [4.78, 5) is 34.4. The maximum Gasteiger partial charge on any atom is 0.395 e. The molecule has 0 bridgehead atoms. The first-order valence-corrected chi connectivity index (χ1v) is 8.99. The van der Waals surface area contributed by atoms with Gasteiger partial charge in [0.1, 0.15) is 12.4 Å². The third-order valence-corrected chi connectivity index (χ3v) is 4.49. The Morgan fingerprint density at radius 2 is 1.79 bits per heavy atom. The molecule has 0 unspecified atom stereocenters. The Balaban J connectivity index is 2.27. The number of carbonyl (C=O) groups is 3. The van der Waals surface area contributed by atoms with Crippen LogP contribution in [0.4, 0.5) is 4.39 Å². The van der Waals surface area contributed by atoms with E-state index in [1.807, 2.05) is 0 Å². The summed E-state index contributed by atoms with van der Waals surface area (Å²) in [5.41, 5.74) is 3.01. The number of rotatable bonds is 5. The van der Waals surface area contributed by atoms with Crippen LogP contribution in [0.15, 0.2) is 52.0 Å². The molecule has 1 heterocycles. The van der Waals surface area contributed by atoms with E-state index in [0.717, 1.165) is 4.57 Å². The van der Waals surface area contributed by atoms with E-state index in [1.165, 1.54) is 22.8 Å². The van der Waals surface area contributed by atoms with Gasteiger partial charge in [0.25, 0.3) is 0 Å². The van der Waals surface area contributed by atoms with Gasteiger partial charge in [-0.1, -0.05) is 34.1 Å². The lowest BCUT2D eigenvalue weighted by Crippen LogP contribution is -2.37. The summed E-state index contributed by atoms with van der Waals surface area (Å²) in [5, 5.41) is 21.9. The minimum atomic E-state index is -1.72. The first-order chi connectivity index (χ1) is 13.8. The molecule has 0 aliphatic heterocycles. The molecule has 3 N–H and O–H groups in total. The van der Waals surface area contributed by atoms with Crippen LogP contribution in [0.25, 0.3) is 11.0 Å². The SMILES string of the molecule is O=C(O)CN/N=c1/n(Cc2ccc(Br)cc2F)c2ccccc2n1C(=O)C(=O)O. The second-order valence-electron chi connectivity index (χ2n) is 5.90. The van der Waals surface area contributed by atoms with Gasteiger partial charge < -0.3 is 14.8 Å². The zero-order chi connectivity index (χ0) is 21.1. The highest BCUT2D eigenvalue weighted by atomic mass is 79.9. The third kappa shape index (κ3) is 4.19. The highest BCUT2D eigenvalue weighted by molar-refractivity contribution is 9.10. The summed E-state index contributed by atoms with van der Waals surface area (Å²) in [6.07, 6.45) is 0. The van der Waals surface area contributed by atoms with Gasteiger partial charge in [0, 0.05) is 10.0 Å². The first kappa shape index (κ1) is 20.3. The van der Waals surface area contributed by atoms with Gasteiger partial charge in [-0.15, -0.1) is 5.10 Å². The van der Waals surface area contributed by atoms with Crippen LogP contribution in [0.2, 0.25) is 0 Å². The number of aliphatic carboxylic acids is 2. The molecule has 0 radical (unpaired) electrons. The van der Waals surface area contributed by atoms with Gasteiger partial charge in [0.15, 0.2) is 0 Å². The van der Waals surface area contributed by atoms with Crippen molar-refractivity contribution in [2.24, 2.45) is 5.10 Å². The van der Waals surface area contributed by atoms with Crippen LogP contribution in [-0.2, 0) is 16.1 Å². The lowest BCUT2D eigenvalue weighted by atomic mass is 10.2. The van der Waals surface area contributed by atoms with E-state index >= 15 is 0 Å². The number of carbonyl (C=O) groups excluding carboxylic acids is 1. The first-order valence-electron chi connectivity index (χ1n) is 8.20. The summed E-state index contributed by atoms with van der Waals surface area (Å²) in [5.74, 6) is -4.72. The Morgan fingerprint density at radius 3 is 2.41 bits per heavy atom. The van der Waals surface area contributed by atoms with Crippen molar-refractivity contribution in [3.05, 3.63) is 63.9 Å². The predicted octanol–water partition coefficient (Wildman–Crippen LogP) is 1.61. The highest BCUT2D eigenvalue weighted by Crippen LogP contribution is 2.19. The molecule has 0 amide bonds. The molecule has 1 aromatic heterocycles. The van der Waals surface area contributed by atoms with Crippen molar-refractivity contribution in [2.45, 2.75) is 6.54 Å². The van der Waals surface area contributed by atoms with Gasteiger partial charge in [-0.25, -0.2) is 13.8 Å². The fourth-order valence-electron chi connectivity index (χ4n) is 2.78. The number of carboxylic acid groups (broad SMARTS) is 2. The molecule has 3 rings (SSSR count). The van der Waals surface area contributed by atoms with Gasteiger partial charge in [0.05, 0.1) is 17.6 Å². The van der Waals surface area contributed by atoms with Crippen LogP contribution in [0.5, 0.6) is 0 Å². The molecule has 0 saturated carbocycles. The van der Waals surface area contributed by atoms with E-state index < -0.39 is 30.2 Å². The Bertz CT molecular complexity index is 1200. The van der Waals surface area contributed by atoms with Crippen LogP contribution in [0, 0.1) is 5.82 Å². The summed E-state index contributed by atoms with van der Waals surface area (Å²) in [6, 6.07) is 10.9. The number of hydrogen-bond acceptors (Lipinski definition) is 5. The average molecular weight is 465 g/mol. The molecular weight excluding hydrogens is 451 g/mol. The molecular formula is C18H14BrFN4O5. The predicted molar refractivity (Wildman–Crippen MR) is 103 cm³/mol. The number of imidazole rings is 1. The molecule has 0 atom stereocenters. The van der Waals surface area contributed by atoms with Crippen molar-refractivity contribution in [2.75, 3.05) is 6.54 Å². The molecule has 29 heavy (non-hydrogen) atoms. The fourth-order valence-corrected chi connectivity index (χ4v) is 3.11. The highest BCUT2D eigenvalue weighted by Gasteiger charge is 2.23. The van der Waals surface area contributed by atoms with Crippen molar-refractivity contribution in [1.82, 2.24) is 14.6 Å². The van der Waals surface area contributed by atoms with Gasteiger partial charge in [-0.3, -0.25) is 15.0 Å². The molecule has 0 aliphatic carbocycles. The topological polar surface area (TPSA) is 126 Å². The zero-order valence-corrected chi connectivity index (χ0v) is 16.3. The normalized spacial score (nSPS) is 11.6. The van der Waals surface area contributed by atoms with E-state index in [-0.39, 0.29) is 23.2 Å². The smallest absolute Gasteiger partial charge is 0.395 e. The van der Waals surface area contributed by atoms with Crippen molar-refractivity contribution < 1.29 is 29.0 Å². The average Bonchev–Trinajstić information content (AvgIpc) is 2.96. The molecule has 2 aromatic carbocycles. The number of nitrogens with zero attached hydrogens (tertiary/aromatic N) is 3. The summed E-state index contributed by atoms with van der Waals surface area (Å²) in [6.45, 7) is -0.636. The summed E-state index contributed by atoms with van der Waals surface area (Å²) >= 11 is 3.18. The van der Waals surface area contributed by atoms with E-state index in [1.54, 1.807) is 24.3 Å². The van der Waals surface area contributed by atoms with Crippen LogP contribution in [0.3, 0.4) is 0 Å². The number of nitrogens with one attached hydrogen (secondary N) is 1. The lowest BCUT2D eigenvalue weighted by Gasteiger charge is -2.07. The van der Waals surface area contributed by atoms with E-state index in [2.05, 4.69) is 26.5 Å². The fraction of sp³-hybridized carbons (Fsp3) is 0.111. The Hall–Kier alpha value is -3.47. The maximum atomic E-state index is 14.4. The molecule has 11 heteroatoms. The Morgan fingerprint density at radius 1 is 1.10 bits per heavy atom. The third-order valence-electron chi connectivity index (χ3n) is 3.99. The quantitative estimate of drug-likeness (QED) is 0.389. The number of aromatic nitrogens is 2. The second-order valence-corrected chi connectivity index (χ2v) is 6.81. The maximum absolute atomic E-state index is 14.4. The number of carboxylic acids is 2. The molecule has 0 spiro atoms. The minimum absolute atomic E-state index is 0.0763. The monoisotopic (exact) mass is 464 g/mol. The number of hydrogen-bond donors (Lipinski definition) is 3. The summed E-state index contributed by atoms with van der Waals surface area (Å²) in [7, 11) is 0. The molecule has 0 saturated heterocycles. The molecule has 0 fully saturated rings. The second kappa shape index (κ2) is 8.27. The van der Waals surface area contributed by atoms with Crippen molar-refractivity contribution >= 4 is 44.8 Å². The minimum Gasteiger partial charge on any atom is -0.480 e. The van der Waals surface area contributed by atoms with Crippen molar-refractivity contribution in [3.63, 3.8) is 0 Å². The number of para-hydroxylation sites is 2. The van der Waals surface area contributed by atoms with E-state index in [4.69, 9.17) is 5.11 Å². The number of benzene rings is 2. The van der Waals surface area contributed by atoms with Gasteiger partial charge >= 0.3 is 17.8 Å². The van der Waals surface area contributed by atoms with E-state index in [0.29, 0.717) is 9.99 Å². The van der Waals surface area contributed by atoms with E-state index in [9.17, 15) is 23.9 Å². The van der Waals surface area contributed by atoms with Gasteiger partial charge in [0.2, 0.25) is 5.62 Å². The molecule has 150 valence electrons. The van der Waals surface area contributed by atoms with Crippen molar-refractivity contribution in [1.29, 1.82) is 0 Å². The van der Waals surface area contributed by atoms with Crippen molar-refractivity contribution in [3.8, 4) is 0 Å². The number of halogens is 2. The zero-order valence-electron chi connectivity index (χ0n) is 14.7. The largest absolute Gasteiger partial charge is 0.480 e. The molecule has 3 aromatic rings. The Labute approximate surface area is 170 Å². The van der Waals surface area contributed by atoms with Crippen LogP contribution >= 0.6 is 15.9 Å². The summed E-state index contributed by atoms with van der Waals surface area (Å²) < 4.78 is 17.2. The Kier molecular flexibility index (Phi) is 5.78. The van der Waals surface area contributed by atoms with Crippen LogP contribution < -0.4 is 11.0 Å². The molecule has 9 nitrogen and oxygen atoms in total. The standard InChI is InChI=1S/C18H14BrFN4O5/c19-11-6-5-10(12(20)7-11)9-23-13-3-1-2-4-14(13)24(16(27)17(28)29)18(23)22-21-8-15(25)26/h1-7,21H,8-9H2,(H,25,26)(H,28,29)/b22-18-. The van der Waals surface area contributed by atoms with Crippen LogP contribution in [-0.4, -0.2) is 43.7 Å². The van der Waals surface area contributed by atoms with Gasteiger partial charge in [-0.05, 0) is 24.3 Å². The van der Waals surface area contributed by atoms with Crippen LogP contribution in [0.1, 0.15) is 10.4 Å². The lowest BCUT2D eigenvalue weighted by molar-refractivity contribution is -0.136. The molecule has 0 aliphatic rings. The number of fused-ring (bicyclic) bond motifs is 1. The van der Waals surface area contributed by atoms with Gasteiger partial charge in [-0.2, -0.15) is 0 Å².